The van der Waals surface area contributed by atoms with Crippen LogP contribution in [0.1, 0.15) is 23.3 Å². The summed E-state index contributed by atoms with van der Waals surface area (Å²) in [6.07, 6.45) is -0.132. The quantitative estimate of drug-likeness (QED) is 0.359. The Morgan fingerprint density at radius 2 is 1.67 bits per heavy atom. The van der Waals surface area contributed by atoms with Crippen molar-refractivity contribution in [2.75, 3.05) is 13.2 Å². The van der Waals surface area contributed by atoms with E-state index in [0.29, 0.717) is 13.2 Å². The normalized spacial score (nSPS) is 25.3. The van der Waals surface area contributed by atoms with Gasteiger partial charge in [0.1, 0.15) is 12.2 Å². The number of ether oxygens (including phenoxy) is 2. The number of benzene rings is 1. The highest BCUT2D eigenvalue weighted by Gasteiger charge is 2.31. The molecule has 0 spiro atoms. The van der Waals surface area contributed by atoms with Gasteiger partial charge in [0.05, 0.1) is 18.1 Å². The summed E-state index contributed by atoms with van der Waals surface area (Å²) >= 11 is 0. The number of epoxide rings is 2. The fourth-order valence-corrected chi connectivity index (χ4v) is 2.50. The zero-order chi connectivity index (χ0) is 12.8. The Balaban J connectivity index is 2.10. The van der Waals surface area contributed by atoms with Gasteiger partial charge < -0.3 is 9.47 Å². The van der Waals surface area contributed by atoms with E-state index in [1.165, 1.54) is 12.1 Å². The third-order valence-electron chi connectivity index (χ3n) is 2.80. The van der Waals surface area contributed by atoms with E-state index in [9.17, 15) is 8.42 Å². The molecule has 0 saturated carbocycles. The zero-order valence-corrected chi connectivity index (χ0v) is 10.0. The van der Waals surface area contributed by atoms with E-state index >= 15 is 0 Å². The Morgan fingerprint density at radius 1 is 1.17 bits per heavy atom. The first-order valence-electron chi connectivity index (χ1n) is 5.29. The average Bonchev–Trinajstić information content (AvgIpc) is 3.17. The molecule has 0 bridgehead atoms. The Morgan fingerprint density at radius 3 is 2.06 bits per heavy atom. The lowest BCUT2D eigenvalue weighted by atomic mass is 10.1. The van der Waals surface area contributed by atoms with Gasteiger partial charge in [-0.3, -0.25) is 0 Å². The van der Waals surface area contributed by atoms with E-state index in [-0.39, 0.29) is 17.1 Å². The Bertz CT molecular complexity index is 613. The highest BCUT2D eigenvalue weighted by atomic mass is 32.2. The second kappa shape index (κ2) is 3.96. The first-order valence-corrected chi connectivity index (χ1v) is 6.73. The van der Waals surface area contributed by atoms with E-state index in [2.05, 4.69) is 9.43 Å². The van der Waals surface area contributed by atoms with Gasteiger partial charge in [0.25, 0.3) is 10.0 Å². The Kier molecular flexibility index (Phi) is 2.53. The predicted octanol–water partition coefficient (Wildman–Crippen LogP) is 1.83. The van der Waals surface area contributed by atoms with Crippen LogP contribution in [0.4, 0.5) is 0 Å². The number of hydrogen-bond acceptors (Lipinski definition) is 4. The van der Waals surface area contributed by atoms with Crippen LogP contribution in [0.15, 0.2) is 27.6 Å². The summed E-state index contributed by atoms with van der Waals surface area (Å²) in [5.41, 5.74) is 9.82. The van der Waals surface area contributed by atoms with Crippen LogP contribution in [0, 0.1) is 0 Å². The third kappa shape index (κ3) is 2.19. The second-order valence-electron chi connectivity index (χ2n) is 4.13. The molecule has 2 heterocycles. The highest BCUT2D eigenvalue weighted by Crippen LogP contribution is 2.37. The molecule has 0 aliphatic carbocycles. The van der Waals surface area contributed by atoms with Gasteiger partial charge in [-0.2, -0.15) is 0 Å². The first kappa shape index (κ1) is 11.5. The summed E-state index contributed by atoms with van der Waals surface area (Å²) in [4.78, 5) is 2.32. The molecule has 1 aromatic carbocycles. The second-order valence-corrected chi connectivity index (χ2v) is 5.71. The molecule has 2 saturated heterocycles. The fraction of sp³-hybridized carbons (Fsp3) is 0.400. The number of hydrogen-bond donors (Lipinski definition) is 0. The van der Waals surface area contributed by atoms with Crippen molar-refractivity contribution in [3.63, 3.8) is 0 Å². The first-order chi connectivity index (χ1) is 8.60. The highest BCUT2D eigenvalue weighted by molar-refractivity contribution is 7.90. The van der Waals surface area contributed by atoms with Crippen LogP contribution in [0.2, 0.25) is 0 Å². The van der Waals surface area contributed by atoms with E-state index in [4.69, 9.17) is 15.0 Å². The topological polar surface area (TPSA) is 108 Å². The lowest BCUT2D eigenvalue weighted by Gasteiger charge is -2.05. The van der Waals surface area contributed by atoms with Gasteiger partial charge >= 0.3 is 0 Å². The van der Waals surface area contributed by atoms with Crippen molar-refractivity contribution in [3.05, 3.63) is 39.8 Å². The van der Waals surface area contributed by atoms with Gasteiger partial charge in [-0.05, 0) is 28.8 Å². The smallest absolute Gasteiger partial charge is 0.264 e. The molecule has 2 fully saturated rings. The molecular weight excluding hydrogens is 258 g/mol. The minimum absolute atomic E-state index is 0.0150. The lowest BCUT2D eigenvalue weighted by molar-refractivity contribution is 0.410. The van der Waals surface area contributed by atoms with Crippen molar-refractivity contribution in [3.8, 4) is 0 Å². The molecule has 7 nitrogen and oxygen atoms in total. The number of nitrogens with zero attached hydrogens (tertiary/aromatic N) is 3. The van der Waals surface area contributed by atoms with Crippen LogP contribution in [0.3, 0.4) is 0 Å². The molecule has 3 rings (SSSR count). The monoisotopic (exact) mass is 267 g/mol. The molecule has 2 unspecified atom stereocenters. The third-order valence-corrected chi connectivity index (χ3v) is 3.92. The Labute approximate surface area is 103 Å². The molecule has 0 amide bonds. The van der Waals surface area contributed by atoms with Crippen molar-refractivity contribution >= 4 is 10.0 Å². The summed E-state index contributed by atoms with van der Waals surface area (Å²) < 4.78 is 36.6. The number of azide groups is 1. The molecule has 2 aliphatic heterocycles. The molecule has 0 radical (unpaired) electrons. The largest absolute Gasteiger partial charge is 0.368 e. The standard InChI is InChI=1S/C10H9N3O4S/c11-12-13-18(14,15)8-2-6(9-4-16-9)1-7(3-8)10-5-17-10/h1-3,9-10H,4-5H2. The van der Waals surface area contributed by atoms with Gasteiger partial charge in [-0.1, -0.05) is 6.07 Å². The SMILES string of the molecule is [N-]=[N+]=NS(=O)(=O)c1cc(C2CO2)cc(C2CO2)c1. The van der Waals surface area contributed by atoms with Crippen molar-refractivity contribution in [1.29, 1.82) is 0 Å². The van der Waals surface area contributed by atoms with E-state index in [1.54, 1.807) is 0 Å². The van der Waals surface area contributed by atoms with E-state index in [1.807, 2.05) is 6.07 Å². The summed E-state index contributed by atoms with van der Waals surface area (Å²) in [5.74, 6) is 0. The van der Waals surface area contributed by atoms with Gasteiger partial charge in [0.15, 0.2) is 0 Å². The fourth-order valence-electron chi connectivity index (χ4n) is 1.74. The lowest BCUT2D eigenvalue weighted by Crippen LogP contribution is -1.99. The van der Waals surface area contributed by atoms with Crippen LogP contribution < -0.4 is 0 Å². The summed E-state index contributed by atoms with van der Waals surface area (Å²) in [7, 11) is -3.97. The minimum Gasteiger partial charge on any atom is -0.368 e. The number of sulfonamides is 1. The average molecular weight is 267 g/mol. The zero-order valence-electron chi connectivity index (χ0n) is 9.18. The maximum Gasteiger partial charge on any atom is 0.264 e. The van der Waals surface area contributed by atoms with Crippen molar-refractivity contribution < 1.29 is 17.9 Å². The molecule has 0 N–H and O–H groups in total. The predicted molar refractivity (Wildman–Crippen MR) is 60.2 cm³/mol. The van der Waals surface area contributed by atoms with E-state index < -0.39 is 10.0 Å². The molecular formula is C10H9N3O4S. The van der Waals surface area contributed by atoms with Crippen LogP contribution in [0.25, 0.3) is 10.4 Å². The molecule has 8 heteroatoms. The molecule has 94 valence electrons. The van der Waals surface area contributed by atoms with Gasteiger partial charge in [0.2, 0.25) is 0 Å². The minimum atomic E-state index is -3.97. The molecule has 2 atom stereocenters. The summed E-state index contributed by atoms with van der Waals surface area (Å²) in [6, 6.07) is 4.82. The van der Waals surface area contributed by atoms with Crippen LogP contribution in [-0.4, -0.2) is 21.6 Å². The summed E-state index contributed by atoms with van der Waals surface area (Å²) in [5, 5.41) is 0. The maximum absolute atomic E-state index is 11.7. The van der Waals surface area contributed by atoms with Crippen LogP contribution >= 0.6 is 0 Å². The van der Waals surface area contributed by atoms with Gasteiger partial charge in [-0.15, -0.1) is 0 Å². The van der Waals surface area contributed by atoms with Crippen molar-refractivity contribution in [2.24, 2.45) is 4.52 Å². The van der Waals surface area contributed by atoms with Crippen LogP contribution in [0.5, 0.6) is 0 Å². The van der Waals surface area contributed by atoms with Crippen LogP contribution in [-0.2, 0) is 19.5 Å². The molecule has 0 aromatic heterocycles. The number of rotatable bonds is 4. The Hall–Kier alpha value is -1.60. The maximum atomic E-state index is 11.7. The molecule has 18 heavy (non-hydrogen) atoms. The van der Waals surface area contributed by atoms with Gasteiger partial charge in [-0.25, -0.2) is 8.42 Å². The molecule has 2 aliphatic rings. The van der Waals surface area contributed by atoms with Crippen molar-refractivity contribution in [1.82, 2.24) is 0 Å². The summed E-state index contributed by atoms with van der Waals surface area (Å²) in [6.45, 7) is 1.16. The van der Waals surface area contributed by atoms with Crippen molar-refractivity contribution in [2.45, 2.75) is 17.1 Å². The van der Waals surface area contributed by atoms with Gasteiger partial charge in [0, 0.05) is 9.43 Å². The van der Waals surface area contributed by atoms with E-state index in [0.717, 1.165) is 11.1 Å². The molecule has 1 aromatic rings.